The van der Waals surface area contributed by atoms with Crippen LogP contribution >= 0.6 is 0 Å². The third-order valence-corrected chi connectivity index (χ3v) is 7.92. The van der Waals surface area contributed by atoms with Gasteiger partial charge < -0.3 is 10.6 Å². The number of sulfonamides is 1. The number of hydrogen-bond donors (Lipinski definition) is 2. The van der Waals surface area contributed by atoms with Crippen LogP contribution in [-0.2, 0) is 19.6 Å². The van der Waals surface area contributed by atoms with Gasteiger partial charge in [-0.05, 0) is 55.2 Å². The Kier molecular flexibility index (Phi) is 8.20. The molecule has 2 N–H and O–H groups in total. The molecular formula is C24H30FN3O4S. The van der Waals surface area contributed by atoms with Gasteiger partial charge in [-0.1, -0.05) is 38.5 Å². The molecule has 0 aromatic heterocycles. The van der Waals surface area contributed by atoms with Crippen molar-refractivity contribution in [3.63, 3.8) is 0 Å². The molecule has 3 rings (SSSR count). The van der Waals surface area contributed by atoms with Crippen LogP contribution in [0, 0.1) is 17.7 Å². The van der Waals surface area contributed by atoms with Crippen molar-refractivity contribution in [3.05, 3.63) is 60.4 Å². The van der Waals surface area contributed by atoms with Gasteiger partial charge >= 0.3 is 0 Å². The molecular weight excluding hydrogens is 445 g/mol. The smallest absolute Gasteiger partial charge is 0.247 e. The monoisotopic (exact) mass is 475 g/mol. The molecule has 2 aromatic carbocycles. The number of benzene rings is 2. The molecule has 2 amide bonds. The van der Waals surface area contributed by atoms with E-state index in [0.29, 0.717) is 24.9 Å². The Morgan fingerprint density at radius 1 is 1.12 bits per heavy atom. The molecule has 9 heteroatoms. The average molecular weight is 476 g/mol. The Hall–Kier alpha value is -2.78. The highest BCUT2D eigenvalue weighted by molar-refractivity contribution is 7.89. The van der Waals surface area contributed by atoms with Crippen molar-refractivity contribution in [2.75, 3.05) is 18.4 Å². The van der Waals surface area contributed by atoms with Gasteiger partial charge in [-0.2, -0.15) is 4.31 Å². The first-order valence-electron chi connectivity index (χ1n) is 11.1. The first-order valence-corrected chi connectivity index (χ1v) is 12.6. The van der Waals surface area contributed by atoms with E-state index in [2.05, 4.69) is 10.6 Å². The maximum absolute atomic E-state index is 13.2. The van der Waals surface area contributed by atoms with E-state index in [-0.39, 0.29) is 35.7 Å². The fourth-order valence-electron chi connectivity index (χ4n) is 3.84. The highest BCUT2D eigenvalue weighted by Gasteiger charge is 2.35. The molecule has 7 nitrogen and oxygen atoms in total. The number of anilines is 1. The van der Waals surface area contributed by atoms with Gasteiger partial charge in [0.1, 0.15) is 11.9 Å². The van der Waals surface area contributed by atoms with Crippen molar-refractivity contribution in [2.45, 2.75) is 44.0 Å². The zero-order chi connectivity index (χ0) is 24.0. The van der Waals surface area contributed by atoms with Crippen molar-refractivity contribution in [1.82, 2.24) is 9.62 Å². The summed E-state index contributed by atoms with van der Waals surface area (Å²) in [5, 5.41) is 5.69. The van der Waals surface area contributed by atoms with Gasteiger partial charge in [0.05, 0.1) is 10.8 Å². The van der Waals surface area contributed by atoms with Crippen LogP contribution in [0.15, 0.2) is 59.5 Å². The number of carbonyl (C=O) groups excluding carboxylic acids is 2. The molecule has 1 fully saturated rings. The molecule has 0 unspecified atom stereocenters. The number of hydrogen-bond acceptors (Lipinski definition) is 4. The summed E-state index contributed by atoms with van der Waals surface area (Å²) in [6.07, 6.45) is 1.72. The molecule has 1 aliphatic heterocycles. The Morgan fingerprint density at radius 2 is 1.79 bits per heavy atom. The maximum atomic E-state index is 13.2. The molecule has 3 atom stereocenters. The SMILES string of the molecule is CC[C@H](C)[C@H](NC(=O)[C@H]1CCCN(S(=O)(=O)c2ccc(F)cc2)C1)C(=O)Nc1ccccc1. The summed E-state index contributed by atoms with van der Waals surface area (Å²) in [5.74, 6) is -1.86. The Bertz CT molecular complexity index is 1060. The second-order valence-electron chi connectivity index (χ2n) is 8.38. The van der Waals surface area contributed by atoms with Crippen molar-refractivity contribution in [2.24, 2.45) is 11.8 Å². The van der Waals surface area contributed by atoms with Gasteiger partial charge in [0.25, 0.3) is 0 Å². The van der Waals surface area contributed by atoms with Crippen LogP contribution in [0.1, 0.15) is 33.1 Å². The molecule has 178 valence electrons. The van der Waals surface area contributed by atoms with Crippen LogP contribution < -0.4 is 10.6 Å². The highest BCUT2D eigenvalue weighted by Crippen LogP contribution is 2.25. The predicted octanol–water partition coefficient (Wildman–Crippen LogP) is 3.40. The van der Waals surface area contributed by atoms with Crippen molar-refractivity contribution in [3.8, 4) is 0 Å². The Morgan fingerprint density at radius 3 is 2.42 bits per heavy atom. The van der Waals surface area contributed by atoms with E-state index in [4.69, 9.17) is 0 Å². The van der Waals surface area contributed by atoms with Crippen LogP contribution in [0.3, 0.4) is 0 Å². The summed E-state index contributed by atoms with van der Waals surface area (Å²) in [6, 6.07) is 12.9. The quantitative estimate of drug-likeness (QED) is 0.612. The number of para-hydroxylation sites is 1. The Balaban J connectivity index is 1.70. The minimum atomic E-state index is -3.84. The van der Waals surface area contributed by atoms with Crippen LogP contribution in [-0.4, -0.2) is 43.7 Å². The molecule has 0 radical (unpaired) electrons. The fourth-order valence-corrected chi connectivity index (χ4v) is 5.37. The lowest BCUT2D eigenvalue weighted by molar-refractivity contribution is -0.131. The van der Waals surface area contributed by atoms with E-state index < -0.39 is 27.8 Å². The summed E-state index contributed by atoms with van der Waals surface area (Å²) in [6.45, 7) is 4.13. The molecule has 0 saturated carbocycles. The first-order chi connectivity index (χ1) is 15.7. The highest BCUT2D eigenvalue weighted by atomic mass is 32.2. The first kappa shape index (κ1) is 24.9. The van der Waals surface area contributed by atoms with Crippen molar-refractivity contribution >= 4 is 27.5 Å². The molecule has 2 aromatic rings. The second kappa shape index (κ2) is 10.9. The van der Waals surface area contributed by atoms with E-state index in [1.165, 1.54) is 16.4 Å². The number of amides is 2. The summed E-state index contributed by atoms with van der Waals surface area (Å²) >= 11 is 0. The second-order valence-corrected chi connectivity index (χ2v) is 10.3. The maximum Gasteiger partial charge on any atom is 0.247 e. The summed E-state index contributed by atoms with van der Waals surface area (Å²) in [5.41, 5.74) is 0.638. The zero-order valence-corrected chi connectivity index (χ0v) is 19.6. The van der Waals surface area contributed by atoms with Gasteiger partial charge in [0.2, 0.25) is 21.8 Å². The summed E-state index contributed by atoms with van der Waals surface area (Å²) in [4.78, 5) is 26.0. The van der Waals surface area contributed by atoms with E-state index >= 15 is 0 Å². The molecule has 0 spiro atoms. The van der Waals surface area contributed by atoms with E-state index in [1.807, 2.05) is 32.0 Å². The average Bonchev–Trinajstić information content (AvgIpc) is 2.82. The molecule has 0 aliphatic carbocycles. The summed E-state index contributed by atoms with van der Waals surface area (Å²) in [7, 11) is -3.84. The van der Waals surface area contributed by atoms with Gasteiger partial charge in [-0.15, -0.1) is 0 Å². The molecule has 1 aliphatic rings. The van der Waals surface area contributed by atoms with Crippen molar-refractivity contribution < 1.29 is 22.4 Å². The van der Waals surface area contributed by atoms with Crippen LogP contribution in [0.4, 0.5) is 10.1 Å². The minimum Gasteiger partial charge on any atom is -0.344 e. The van der Waals surface area contributed by atoms with Gasteiger partial charge in [0.15, 0.2) is 0 Å². The van der Waals surface area contributed by atoms with Crippen LogP contribution in [0.25, 0.3) is 0 Å². The predicted molar refractivity (Wildman–Crippen MR) is 124 cm³/mol. The molecule has 1 heterocycles. The number of nitrogens with one attached hydrogen (secondary N) is 2. The Labute approximate surface area is 194 Å². The van der Waals surface area contributed by atoms with Gasteiger partial charge in [0, 0.05) is 18.8 Å². The van der Waals surface area contributed by atoms with E-state index in [1.54, 1.807) is 12.1 Å². The molecule has 1 saturated heterocycles. The number of nitrogens with zero attached hydrogens (tertiary/aromatic N) is 1. The number of piperidine rings is 1. The van der Waals surface area contributed by atoms with E-state index in [0.717, 1.165) is 12.1 Å². The zero-order valence-electron chi connectivity index (χ0n) is 18.8. The summed E-state index contributed by atoms with van der Waals surface area (Å²) < 4.78 is 40.4. The van der Waals surface area contributed by atoms with E-state index in [9.17, 15) is 22.4 Å². The minimum absolute atomic E-state index is 0.00956. The van der Waals surface area contributed by atoms with Crippen LogP contribution in [0.5, 0.6) is 0 Å². The van der Waals surface area contributed by atoms with Gasteiger partial charge in [-0.3, -0.25) is 9.59 Å². The van der Waals surface area contributed by atoms with Gasteiger partial charge in [-0.25, -0.2) is 12.8 Å². The lowest BCUT2D eigenvalue weighted by Gasteiger charge is -2.32. The largest absolute Gasteiger partial charge is 0.344 e. The topological polar surface area (TPSA) is 95.6 Å². The molecule has 33 heavy (non-hydrogen) atoms. The third-order valence-electron chi connectivity index (χ3n) is 6.04. The van der Waals surface area contributed by atoms with Crippen LogP contribution in [0.2, 0.25) is 0 Å². The fraction of sp³-hybridized carbons (Fsp3) is 0.417. The lowest BCUT2D eigenvalue weighted by Crippen LogP contribution is -2.52. The lowest BCUT2D eigenvalue weighted by atomic mass is 9.94. The number of carbonyl (C=O) groups is 2. The standard InChI is InChI=1S/C24H30FN3O4S/c1-3-17(2)22(24(30)26-20-9-5-4-6-10-20)27-23(29)18-8-7-15-28(16-18)33(31,32)21-13-11-19(25)12-14-21/h4-6,9-14,17-18,22H,3,7-8,15-16H2,1-2H3,(H,26,30)(H,27,29)/t17-,18-,22-/m0/s1. The molecule has 0 bridgehead atoms. The number of halogens is 1. The third kappa shape index (κ3) is 6.17. The number of rotatable bonds is 8. The normalized spacial score (nSPS) is 18.8. The van der Waals surface area contributed by atoms with Crippen molar-refractivity contribution in [1.29, 1.82) is 0 Å².